The van der Waals surface area contributed by atoms with Gasteiger partial charge in [-0.15, -0.1) is 0 Å². The van der Waals surface area contributed by atoms with E-state index in [-0.39, 0.29) is 11.9 Å². The van der Waals surface area contributed by atoms with Gasteiger partial charge in [0.1, 0.15) is 18.4 Å². The van der Waals surface area contributed by atoms with E-state index < -0.39 is 11.7 Å². The van der Waals surface area contributed by atoms with E-state index in [2.05, 4.69) is 15.3 Å². The lowest BCUT2D eigenvalue weighted by molar-refractivity contribution is -0.137. The Kier molecular flexibility index (Phi) is 5.37. The number of hydrogen-bond donors (Lipinski definition) is 2. The molecular formula is C23H21F3N6O. The minimum Gasteiger partial charge on any atom is -0.399 e. The summed E-state index contributed by atoms with van der Waals surface area (Å²) in [6.07, 6.45) is -0.575. The monoisotopic (exact) mass is 454 g/mol. The number of hydrogen-bond acceptors (Lipinski definition) is 6. The quantitative estimate of drug-likeness (QED) is 0.394. The number of ether oxygens (including phenoxy) is 1. The third-order valence-corrected chi connectivity index (χ3v) is 5.52. The van der Waals surface area contributed by atoms with E-state index >= 15 is 0 Å². The second-order valence-corrected chi connectivity index (χ2v) is 7.85. The lowest BCUT2D eigenvalue weighted by atomic mass is 10.1. The molecule has 1 saturated heterocycles. The van der Waals surface area contributed by atoms with E-state index in [1.807, 2.05) is 22.8 Å². The van der Waals surface area contributed by atoms with Gasteiger partial charge in [-0.25, -0.2) is 15.0 Å². The minimum atomic E-state index is -4.45. The number of nitrogens with zero attached hydrogens (tertiary/aromatic N) is 4. The molecule has 2 aromatic carbocycles. The van der Waals surface area contributed by atoms with Crippen molar-refractivity contribution in [1.82, 2.24) is 19.5 Å². The highest BCUT2D eigenvalue weighted by Crippen LogP contribution is 2.36. The van der Waals surface area contributed by atoms with Crippen LogP contribution < -0.4 is 11.1 Å². The average molecular weight is 454 g/mol. The van der Waals surface area contributed by atoms with Crippen LogP contribution in [0, 0.1) is 0 Å². The van der Waals surface area contributed by atoms with E-state index in [9.17, 15) is 13.2 Å². The van der Waals surface area contributed by atoms with E-state index in [1.165, 1.54) is 12.4 Å². The van der Waals surface area contributed by atoms with Gasteiger partial charge in [0.25, 0.3) is 0 Å². The van der Waals surface area contributed by atoms with Crippen molar-refractivity contribution in [2.45, 2.75) is 31.7 Å². The highest BCUT2D eigenvalue weighted by Gasteiger charge is 2.30. The Morgan fingerprint density at radius 1 is 1.06 bits per heavy atom. The van der Waals surface area contributed by atoms with Crippen LogP contribution in [0.25, 0.3) is 22.6 Å². The first-order chi connectivity index (χ1) is 15.9. The van der Waals surface area contributed by atoms with Crippen LogP contribution in [0.3, 0.4) is 0 Å². The van der Waals surface area contributed by atoms with E-state index in [0.717, 1.165) is 37.0 Å². The number of anilines is 3. The first-order valence-corrected chi connectivity index (χ1v) is 10.5. The van der Waals surface area contributed by atoms with Crippen LogP contribution in [-0.2, 0) is 10.9 Å². The third kappa shape index (κ3) is 4.21. The molecule has 0 saturated carbocycles. The average Bonchev–Trinajstić information content (AvgIpc) is 3.20. The maximum Gasteiger partial charge on any atom is 0.416 e. The fraction of sp³-hybridized carbons (Fsp3) is 0.261. The number of imidazole rings is 1. The third-order valence-electron chi connectivity index (χ3n) is 5.52. The van der Waals surface area contributed by atoms with Gasteiger partial charge in [-0.05, 0) is 49.6 Å². The number of nitrogen functional groups attached to an aromatic ring is 1. The van der Waals surface area contributed by atoms with Gasteiger partial charge in [-0.2, -0.15) is 13.2 Å². The minimum absolute atomic E-state index is 0.249. The van der Waals surface area contributed by atoms with Crippen LogP contribution in [0.5, 0.6) is 0 Å². The van der Waals surface area contributed by atoms with E-state index in [1.54, 1.807) is 12.1 Å². The first-order valence-electron chi connectivity index (χ1n) is 10.5. The standard InChI is InChI=1S/C23H21F3N6O/c24-23(25,26)15-6-4-8-17(12-15)30-20-19-22(29-13-28-20)32(18-9-1-2-10-33-18)21(31-19)14-5-3-7-16(27)11-14/h3-8,11-13,18H,1-2,9-10,27H2,(H,28,29,30). The Hall–Kier alpha value is -3.66. The maximum absolute atomic E-state index is 13.1. The molecule has 3 heterocycles. The van der Waals surface area contributed by atoms with Crippen LogP contribution >= 0.6 is 0 Å². The van der Waals surface area contributed by atoms with Crippen LogP contribution in [0.1, 0.15) is 31.1 Å². The largest absolute Gasteiger partial charge is 0.416 e. The van der Waals surface area contributed by atoms with Gasteiger partial charge in [0, 0.05) is 23.5 Å². The number of fused-ring (bicyclic) bond motifs is 1. The number of alkyl halides is 3. The summed E-state index contributed by atoms with van der Waals surface area (Å²) in [6, 6.07) is 12.3. The van der Waals surface area contributed by atoms with Crippen molar-refractivity contribution < 1.29 is 17.9 Å². The molecular weight excluding hydrogens is 433 g/mol. The van der Waals surface area contributed by atoms with Gasteiger partial charge >= 0.3 is 6.18 Å². The fourth-order valence-electron chi connectivity index (χ4n) is 3.99. The molecule has 1 unspecified atom stereocenters. The predicted octanol–water partition coefficient (Wildman–Crippen LogP) is 5.54. The zero-order chi connectivity index (χ0) is 23.0. The Bertz CT molecular complexity index is 1300. The lowest BCUT2D eigenvalue weighted by Gasteiger charge is -2.25. The molecule has 5 rings (SSSR count). The molecule has 3 N–H and O–H groups in total. The molecule has 1 aliphatic heterocycles. The highest BCUT2D eigenvalue weighted by molar-refractivity contribution is 5.88. The van der Waals surface area contributed by atoms with Gasteiger partial charge in [0.15, 0.2) is 17.0 Å². The second-order valence-electron chi connectivity index (χ2n) is 7.85. The van der Waals surface area contributed by atoms with Crippen LogP contribution in [0.2, 0.25) is 0 Å². The van der Waals surface area contributed by atoms with Crippen molar-refractivity contribution >= 4 is 28.4 Å². The lowest BCUT2D eigenvalue weighted by Crippen LogP contribution is -2.19. The van der Waals surface area contributed by atoms with Gasteiger partial charge < -0.3 is 15.8 Å². The highest BCUT2D eigenvalue weighted by atomic mass is 19.4. The summed E-state index contributed by atoms with van der Waals surface area (Å²) in [4.78, 5) is 13.5. The Balaban J connectivity index is 1.63. The second kappa shape index (κ2) is 8.36. The number of nitrogens with one attached hydrogen (secondary N) is 1. The molecule has 0 spiro atoms. The predicted molar refractivity (Wildman–Crippen MR) is 119 cm³/mol. The van der Waals surface area contributed by atoms with E-state index in [4.69, 9.17) is 15.5 Å². The van der Waals surface area contributed by atoms with Gasteiger partial charge in [-0.3, -0.25) is 4.57 Å². The van der Waals surface area contributed by atoms with Crippen LogP contribution in [0.4, 0.5) is 30.4 Å². The van der Waals surface area contributed by atoms with Gasteiger partial charge in [-0.1, -0.05) is 18.2 Å². The normalized spacial score (nSPS) is 16.8. The first kappa shape index (κ1) is 21.2. The van der Waals surface area contributed by atoms with Crippen LogP contribution in [0.15, 0.2) is 54.9 Å². The smallest absolute Gasteiger partial charge is 0.399 e. The Labute approximate surface area is 187 Å². The van der Waals surface area contributed by atoms with Crippen molar-refractivity contribution in [1.29, 1.82) is 0 Å². The summed E-state index contributed by atoms with van der Waals surface area (Å²) < 4.78 is 47.4. The van der Waals surface area contributed by atoms with Crippen molar-refractivity contribution in [3.63, 3.8) is 0 Å². The summed E-state index contributed by atoms with van der Waals surface area (Å²) in [5.41, 5.74) is 7.83. The zero-order valence-corrected chi connectivity index (χ0v) is 17.5. The number of nitrogens with two attached hydrogens (primary N) is 1. The van der Waals surface area contributed by atoms with Gasteiger partial charge in [0.2, 0.25) is 0 Å². The molecule has 33 heavy (non-hydrogen) atoms. The molecule has 2 aromatic heterocycles. The number of benzene rings is 2. The summed E-state index contributed by atoms with van der Waals surface area (Å²) in [6.45, 7) is 0.626. The maximum atomic E-state index is 13.1. The van der Waals surface area contributed by atoms with Crippen molar-refractivity contribution in [3.8, 4) is 11.4 Å². The number of rotatable bonds is 4. The molecule has 1 aliphatic rings. The van der Waals surface area contributed by atoms with E-state index in [0.29, 0.717) is 35.1 Å². The SMILES string of the molecule is Nc1cccc(-c2nc3c(Nc4cccc(C(F)(F)F)c4)ncnc3n2C2CCCCO2)c1. The van der Waals surface area contributed by atoms with Crippen molar-refractivity contribution in [2.24, 2.45) is 0 Å². The van der Waals surface area contributed by atoms with Crippen molar-refractivity contribution in [3.05, 3.63) is 60.4 Å². The number of halogens is 3. The molecule has 4 aromatic rings. The molecule has 0 aliphatic carbocycles. The molecule has 10 heteroatoms. The molecule has 7 nitrogen and oxygen atoms in total. The summed E-state index contributed by atoms with van der Waals surface area (Å²) >= 11 is 0. The summed E-state index contributed by atoms with van der Waals surface area (Å²) in [5, 5.41) is 2.97. The molecule has 0 amide bonds. The Morgan fingerprint density at radius 2 is 1.91 bits per heavy atom. The topological polar surface area (TPSA) is 90.9 Å². The molecule has 1 fully saturated rings. The van der Waals surface area contributed by atoms with Crippen LogP contribution in [-0.4, -0.2) is 26.1 Å². The zero-order valence-electron chi connectivity index (χ0n) is 17.5. The summed E-state index contributed by atoms with van der Waals surface area (Å²) in [7, 11) is 0. The Morgan fingerprint density at radius 3 is 2.67 bits per heavy atom. The molecule has 170 valence electrons. The molecule has 0 radical (unpaired) electrons. The van der Waals surface area contributed by atoms with Gasteiger partial charge in [0.05, 0.1) is 5.56 Å². The molecule has 1 atom stereocenters. The van der Waals surface area contributed by atoms with Crippen molar-refractivity contribution in [2.75, 3.05) is 17.7 Å². The summed E-state index contributed by atoms with van der Waals surface area (Å²) in [5.74, 6) is 0.913. The fourth-order valence-corrected chi connectivity index (χ4v) is 3.99. The molecule has 0 bridgehead atoms. The number of aromatic nitrogens is 4.